The van der Waals surface area contributed by atoms with E-state index in [1.165, 1.54) is 4.90 Å². The Morgan fingerprint density at radius 2 is 1.64 bits per heavy atom. The molecule has 2 atom stereocenters. The lowest BCUT2D eigenvalue weighted by atomic mass is 9.85. The first-order valence-electron chi connectivity index (χ1n) is 9.74. The number of benzene rings is 1. The summed E-state index contributed by atoms with van der Waals surface area (Å²) in [7, 11) is 0. The van der Waals surface area contributed by atoms with Crippen molar-refractivity contribution < 1.29 is 19.2 Å². The highest BCUT2D eigenvalue weighted by Crippen LogP contribution is 2.35. The second-order valence-electron chi connectivity index (χ2n) is 7.58. The number of likely N-dealkylation sites (tertiary alicyclic amines) is 1. The molecule has 7 nitrogen and oxygen atoms in total. The second-order valence-corrected chi connectivity index (χ2v) is 7.58. The van der Waals surface area contributed by atoms with E-state index >= 15 is 0 Å². The van der Waals surface area contributed by atoms with Crippen LogP contribution in [0.4, 0.5) is 5.69 Å². The van der Waals surface area contributed by atoms with Crippen LogP contribution in [0.5, 0.6) is 0 Å². The number of hydrogen-bond acceptors (Lipinski definition) is 4. The van der Waals surface area contributed by atoms with E-state index in [1.54, 1.807) is 24.3 Å². The van der Waals surface area contributed by atoms with Crippen LogP contribution in [0.15, 0.2) is 36.4 Å². The van der Waals surface area contributed by atoms with Gasteiger partial charge in [-0.15, -0.1) is 0 Å². The van der Waals surface area contributed by atoms with Crippen molar-refractivity contribution in [2.24, 2.45) is 11.8 Å². The van der Waals surface area contributed by atoms with E-state index in [0.717, 1.165) is 12.8 Å². The molecule has 4 amide bonds. The molecule has 1 saturated carbocycles. The van der Waals surface area contributed by atoms with Crippen LogP contribution in [-0.4, -0.2) is 41.1 Å². The maximum absolute atomic E-state index is 12.5. The number of fused-ring (bicyclic) bond motifs is 1. The Labute approximate surface area is 163 Å². The Bertz CT molecular complexity index is 833. The lowest BCUT2D eigenvalue weighted by molar-refractivity contribution is -0.140. The Hall–Kier alpha value is -2.96. The van der Waals surface area contributed by atoms with Gasteiger partial charge in [0.1, 0.15) is 0 Å². The monoisotopic (exact) mass is 381 g/mol. The highest BCUT2D eigenvalue weighted by molar-refractivity contribution is 6.06. The summed E-state index contributed by atoms with van der Waals surface area (Å²) in [6.07, 6.45) is 7.01. The van der Waals surface area contributed by atoms with Gasteiger partial charge in [-0.3, -0.25) is 24.1 Å². The summed E-state index contributed by atoms with van der Waals surface area (Å²) < 4.78 is 0. The molecule has 0 spiro atoms. The number of carbonyl (C=O) groups is 4. The van der Waals surface area contributed by atoms with Crippen LogP contribution in [0, 0.1) is 11.8 Å². The topological polar surface area (TPSA) is 95.6 Å². The summed E-state index contributed by atoms with van der Waals surface area (Å²) in [6.45, 7) is 0.0624. The number of rotatable bonds is 6. The van der Waals surface area contributed by atoms with Crippen molar-refractivity contribution in [2.75, 3.05) is 11.9 Å². The molecule has 0 radical (unpaired) electrons. The van der Waals surface area contributed by atoms with Gasteiger partial charge >= 0.3 is 0 Å². The number of amides is 4. The second kappa shape index (κ2) is 7.58. The van der Waals surface area contributed by atoms with Crippen LogP contribution in [0.3, 0.4) is 0 Å². The number of nitrogens with zero attached hydrogens (tertiary/aromatic N) is 1. The van der Waals surface area contributed by atoms with Crippen molar-refractivity contribution in [3.63, 3.8) is 0 Å². The number of anilines is 1. The summed E-state index contributed by atoms with van der Waals surface area (Å²) >= 11 is 0. The van der Waals surface area contributed by atoms with Gasteiger partial charge < -0.3 is 10.6 Å². The molecule has 1 saturated heterocycles. The summed E-state index contributed by atoms with van der Waals surface area (Å²) in [5.41, 5.74) is 0.843. The third-order valence-electron chi connectivity index (χ3n) is 5.52. The van der Waals surface area contributed by atoms with E-state index in [2.05, 4.69) is 10.6 Å². The highest BCUT2D eigenvalue weighted by Gasteiger charge is 2.46. The maximum Gasteiger partial charge on any atom is 0.253 e. The van der Waals surface area contributed by atoms with Crippen LogP contribution in [-0.2, 0) is 14.4 Å². The first-order valence-corrected chi connectivity index (χ1v) is 9.74. The number of allylic oxidation sites excluding steroid dienone is 2. The number of nitrogens with one attached hydrogen (secondary N) is 2. The SMILES string of the molecule is O=C(CCN1C(=O)C2CC=CCC2C1=O)Nc1ccccc1C(=O)NC1CC1. The maximum atomic E-state index is 12.5. The molecule has 2 N–H and O–H groups in total. The Balaban J connectivity index is 1.36. The lowest BCUT2D eigenvalue weighted by Crippen LogP contribution is -2.34. The summed E-state index contributed by atoms with van der Waals surface area (Å²) in [5.74, 6) is -1.48. The van der Waals surface area contributed by atoms with E-state index < -0.39 is 0 Å². The summed E-state index contributed by atoms with van der Waals surface area (Å²) in [6, 6.07) is 7.05. The first-order chi connectivity index (χ1) is 13.5. The minimum atomic E-state index is -0.333. The third-order valence-corrected chi connectivity index (χ3v) is 5.52. The molecule has 0 aromatic heterocycles. The van der Waals surface area contributed by atoms with E-state index in [0.29, 0.717) is 24.1 Å². The largest absolute Gasteiger partial charge is 0.349 e. The van der Waals surface area contributed by atoms with Crippen molar-refractivity contribution >= 4 is 29.3 Å². The van der Waals surface area contributed by atoms with Gasteiger partial charge in [0.2, 0.25) is 17.7 Å². The third kappa shape index (κ3) is 3.69. The average molecular weight is 381 g/mol. The molecule has 146 valence electrons. The molecule has 1 heterocycles. The smallest absolute Gasteiger partial charge is 0.253 e. The molecular weight excluding hydrogens is 358 g/mol. The molecule has 4 rings (SSSR count). The minimum absolute atomic E-state index is 0.00290. The van der Waals surface area contributed by atoms with Crippen LogP contribution < -0.4 is 10.6 Å². The number of carbonyl (C=O) groups excluding carboxylic acids is 4. The fourth-order valence-corrected chi connectivity index (χ4v) is 3.80. The fourth-order valence-electron chi connectivity index (χ4n) is 3.80. The van der Waals surface area contributed by atoms with Crippen molar-refractivity contribution in [3.8, 4) is 0 Å². The minimum Gasteiger partial charge on any atom is -0.349 e. The van der Waals surface area contributed by atoms with Crippen molar-refractivity contribution in [1.29, 1.82) is 0 Å². The number of imide groups is 1. The Kier molecular flexibility index (Phi) is 4.98. The van der Waals surface area contributed by atoms with Crippen LogP contribution >= 0.6 is 0 Å². The predicted molar refractivity (Wildman–Crippen MR) is 102 cm³/mol. The van der Waals surface area contributed by atoms with Crippen LogP contribution in [0.2, 0.25) is 0 Å². The van der Waals surface area contributed by atoms with E-state index in [1.807, 2.05) is 12.2 Å². The van der Waals surface area contributed by atoms with Gasteiger partial charge in [0.25, 0.3) is 5.91 Å². The van der Waals surface area contributed by atoms with E-state index in [9.17, 15) is 19.2 Å². The van der Waals surface area contributed by atoms with Crippen LogP contribution in [0.1, 0.15) is 42.5 Å². The molecule has 1 aliphatic heterocycles. The fraction of sp³-hybridized carbons (Fsp3) is 0.429. The van der Waals surface area contributed by atoms with Gasteiger partial charge in [0.05, 0.1) is 23.1 Å². The normalized spacial score (nSPS) is 23.5. The zero-order valence-corrected chi connectivity index (χ0v) is 15.5. The molecule has 2 fully saturated rings. The van der Waals surface area contributed by atoms with Crippen LogP contribution in [0.25, 0.3) is 0 Å². The van der Waals surface area contributed by atoms with Gasteiger partial charge in [-0.1, -0.05) is 24.3 Å². The van der Waals surface area contributed by atoms with Gasteiger partial charge in [-0.05, 0) is 37.8 Å². The summed E-state index contributed by atoms with van der Waals surface area (Å²) in [5, 5.41) is 5.65. The van der Waals surface area contributed by atoms with Crippen molar-refractivity contribution in [2.45, 2.75) is 38.1 Å². The zero-order valence-electron chi connectivity index (χ0n) is 15.5. The quantitative estimate of drug-likeness (QED) is 0.581. The first kappa shape index (κ1) is 18.4. The number of para-hydroxylation sites is 1. The van der Waals surface area contributed by atoms with Crippen molar-refractivity contribution in [3.05, 3.63) is 42.0 Å². The van der Waals surface area contributed by atoms with Gasteiger partial charge in [-0.25, -0.2) is 0 Å². The zero-order chi connectivity index (χ0) is 19.7. The molecule has 2 unspecified atom stereocenters. The molecule has 1 aromatic carbocycles. The molecule has 7 heteroatoms. The lowest BCUT2D eigenvalue weighted by Gasteiger charge is -2.15. The number of hydrogen-bond donors (Lipinski definition) is 2. The average Bonchev–Trinajstić information content (AvgIpc) is 3.48. The summed E-state index contributed by atoms with van der Waals surface area (Å²) in [4.78, 5) is 50.9. The van der Waals surface area contributed by atoms with E-state index in [-0.39, 0.29) is 54.5 Å². The molecule has 3 aliphatic rings. The van der Waals surface area contributed by atoms with Gasteiger partial charge in [-0.2, -0.15) is 0 Å². The van der Waals surface area contributed by atoms with Gasteiger partial charge in [0.15, 0.2) is 0 Å². The highest BCUT2D eigenvalue weighted by atomic mass is 16.2. The van der Waals surface area contributed by atoms with Crippen molar-refractivity contribution in [1.82, 2.24) is 10.2 Å². The van der Waals surface area contributed by atoms with Gasteiger partial charge in [0, 0.05) is 19.0 Å². The molecular formula is C21H23N3O4. The molecule has 0 bridgehead atoms. The standard InChI is InChI=1S/C21H23N3O4/c25-18(11-12-24-20(27)14-5-1-2-6-15(14)21(24)28)23-17-8-4-3-7-16(17)19(26)22-13-9-10-13/h1-4,7-8,13-15H,5-6,9-12H2,(H,22,26)(H,23,25). The Morgan fingerprint density at radius 1 is 1.00 bits per heavy atom. The predicted octanol–water partition coefficient (Wildman–Crippen LogP) is 1.86. The van der Waals surface area contributed by atoms with E-state index in [4.69, 9.17) is 0 Å². The Morgan fingerprint density at radius 3 is 2.29 bits per heavy atom. The molecule has 28 heavy (non-hydrogen) atoms. The molecule has 2 aliphatic carbocycles. The molecule has 1 aromatic rings.